The molecule has 1 fully saturated rings. The van der Waals surface area contributed by atoms with Crippen molar-refractivity contribution in [2.75, 3.05) is 19.7 Å². The molecular weight excluding hydrogens is 462 g/mol. The van der Waals surface area contributed by atoms with Crippen molar-refractivity contribution in [3.63, 3.8) is 0 Å². The summed E-state index contributed by atoms with van der Waals surface area (Å²) in [7, 11) is -2.73. The van der Waals surface area contributed by atoms with Gasteiger partial charge in [0.25, 0.3) is 8.32 Å². The van der Waals surface area contributed by atoms with E-state index >= 15 is 0 Å². The van der Waals surface area contributed by atoms with E-state index < -0.39 is 25.9 Å². The highest BCUT2D eigenvalue weighted by Crippen LogP contribution is 2.37. The van der Waals surface area contributed by atoms with Crippen LogP contribution in [0.2, 0.25) is 5.04 Å². The molecule has 1 heterocycles. The average molecular weight is 504 g/mol. The number of piperidine rings is 1. The molecule has 0 bridgehead atoms. The standard InChI is InChI=1S/C28H42ClNO3Si/c1-5-6-7-14-19-30-20-24(29)26(31)27(32)25(30)21-33-34(28(2,3)4,22-15-10-8-11-16-22)23-17-12-9-13-18-23/h8-13,15-18,24-27,31-32H,5-7,14,19-21H2,1-4H3/t24-,25+,26+,27+/m0/s1. The predicted octanol–water partition coefficient (Wildman–Crippen LogP) is 4.16. The molecule has 0 unspecified atom stereocenters. The van der Waals surface area contributed by atoms with Crippen LogP contribution in [0.4, 0.5) is 0 Å². The predicted molar refractivity (Wildman–Crippen MR) is 145 cm³/mol. The molecule has 2 aromatic rings. The van der Waals surface area contributed by atoms with Crippen LogP contribution in [0, 0.1) is 0 Å². The molecule has 1 aliphatic rings. The van der Waals surface area contributed by atoms with Crippen LogP contribution in [0.3, 0.4) is 0 Å². The molecule has 34 heavy (non-hydrogen) atoms. The van der Waals surface area contributed by atoms with E-state index in [9.17, 15) is 10.2 Å². The molecule has 188 valence electrons. The lowest BCUT2D eigenvalue weighted by Crippen LogP contribution is -2.69. The van der Waals surface area contributed by atoms with Crippen LogP contribution >= 0.6 is 11.6 Å². The molecule has 1 aliphatic heterocycles. The maximum absolute atomic E-state index is 11.1. The average Bonchev–Trinajstić information content (AvgIpc) is 2.82. The molecule has 0 aromatic heterocycles. The lowest BCUT2D eigenvalue weighted by atomic mass is 9.95. The second-order valence-electron chi connectivity index (χ2n) is 10.6. The summed E-state index contributed by atoms with van der Waals surface area (Å²) in [6.45, 7) is 10.7. The molecule has 0 amide bonds. The van der Waals surface area contributed by atoms with Gasteiger partial charge in [0.1, 0.15) is 0 Å². The van der Waals surface area contributed by atoms with Gasteiger partial charge in [0.15, 0.2) is 0 Å². The van der Waals surface area contributed by atoms with Gasteiger partial charge in [-0.15, -0.1) is 11.6 Å². The first-order valence-corrected chi connectivity index (χ1v) is 15.1. The van der Waals surface area contributed by atoms with Gasteiger partial charge in [0.2, 0.25) is 0 Å². The summed E-state index contributed by atoms with van der Waals surface area (Å²) in [5.41, 5.74) is 0. The zero-order chi connectivity index (χ0) is 24.8. The van der Waals surface area contributed by atoms with E-state index in [1.807, 2.05) is 12.1 Å². The molecule has 4 atom stereocenters. The number of hydrogen-bond acceptors (Lipinski definition) is 4. The first-order chi connectivity index (χ1) is 16.2. The Bertz CT molecular complexity index is 821. The van der Waals surface area contributed by atoms with Crippen LogP contribution in [0.15, 0.2) is 60.7 Å². The van der Waals surface area contributed by atoms with Crippen molar-refractivity contribution in [1.82, 2.24) is 4.90 Å². The zero-order valence-electron chi connectivity index (χ0n) is 21.2. The Balaban J connectivity index is 1.95. The molecule has 2 N–H and O–H groups in total. The number of rotatable bonds is 10. The van der Waals surface area contributed by atoms with Gasteiger partial charge in [0.05, 0.1) is 30.2 Å². The molecule has 0 spiro atoms. The number of unbranched alkanes of at least 4 members (excludes halogenated alkanes) is 3. The largest absolute Gasteiger partial charge is 0.406 e. The SMILES string of the molecule is CCCCCCN1C[C@H](Cl)[C@@H](O)[C@H](O)[C@H]1CO[Si](c1ccccc1)(c1ccccc1)C(C)(C)C. The molecule has 0 saturated carbocycles. The minimum Gasteiger partial charge on any atom is -0.406 e. The lowest BCUT2D eigenvalue weighted by molar-refractivity contribution is -0.0852. The number of halogens is 1. The van der Waals surface area contributed by atoms with Crippen molar-refractivity contribution in [2.24, 2.45) is 0 Å². The second kappa shape index (κ2) is 12.2. The highest BCUT2D eigenvalue weighted by atomic mass is 35.5. The van der Waals surface area contributed by atoms with Gasteiger partial charge in [-0.1, -0.05) is 108 Å². The minimum absolute atomic E-state index is 0.144. The fourth-order valence-corrected chi connectivity index (χ4v) is 10.2. The third-order valence-electron chi connectivity index (χ3n) is 7.18. The maximum Gasteiger partial charge on any atom is 0.261 e. The zero-order valence-corrected chi connectivity index (χ0v) is 22.9. The summed E-state index contributed by atoms with van der Waals surface area (Å²) in [5.74, 6) is 0. The van der Waals surface area contributed by atoms with E-state index in [-0.39, 0.29) is 11.1 Å². The Hall–Kier alpha value is -1.21. The van der Waals surface area contributed by atoms with E-state index in [1.165, 1.54) is 23.2 Å². The molecule has 1 saturated heterocycles. The van der Waals surface area contributed by atoms with Crippen LogP contribution in [0.25, 0.3) is 0 Å². The minimum atomic E-state index is -2.73. The van der Waals surface area contributed by atoms with Crippen molar-refractivity contribution < 1.29 is 14.6 Å². The van der Waals surface area contributed by atoms with Gasteiger partial charge in [-0.05, 0) is 28.4 Å². The Morgan fingerprint density at radius 1 is 0.912 bits per heavy atom. The molecular formula is C28H42ClNO3Si. The van der Waals surface area contributed by atoms with Crippen molar-refractivity contribution in [3.8, 4) is 0 Å². The summed E-state index contributed by atoms with van der Waals surface area (Å²) in [5, 5.41) is 23.5. The Labute approximate surface area is 212 Å². The topological polar surface area (TPSA) is 52.9 Å². The third-order valence-corrected chi connectivity index (χ3v) is 12.6. The summed E-state index contributed by atoms with van der Waals surface area (Å²) in [6, 6.07) is 20.8. The Kier molecular flexibility index (Phi) is 9.79. The van der Waals surface area contributed by atoms with Crippen LogP contribution in [0.5, 0.6) is 0 Å². The quantitative estimate of drug-likeness (QED) is 0.290. The Morgan fingerprint density at radius 2 is 1.47 bits per heavy atom. The van der Waals surface area contributed by atoms with Gasteiger partial charge in [-0.25, -0.2) is 0 Å². The number of likely N-dealkylation sites (tertiary alicyclic amines) is 1. The number of alkyl halides is 1. The third kappa shape index (κ3) is 5.94. The molecule has 4 nitrogen and oxygen atoms in total. The van der Waals surface area contributed by atoms with Gasteiger partial charge >= 0.3 is 0 Å². The Morgan fingerprint density at radius 3 is 1.97 bits per heavy atom. The van der Waals surface area contributed by atoms with Crippen molar-refractivity contribution in [3.05, 3.63) is 60.7 Å². The van der Waals surface area contributed by atoms with Gasteiger partial charge < -0.3 is 14.6 Å². The van der Waals surface area contributed by atoms with Gasteiger partial charge in [0, 0.05) is 6.54 Å². The van der Waals surface area contributed by atoms with Crippen LogP contribution in [-0.2, 0) is 4.43 Å². The fourth-order valence-electron chi connectivity index (χ4n) is 5.30. The first kappa shape index (κ1) is 27.4. The van der Waals surface area contributed by atoms with Crippen LogP contribution in [0.1, 0.15) is 53.4 Å². The molecule has 0 radical (unpaired) electrons. The molecule has 6 heteroatoms. The second-order valence-corrected chi connectivity index (χ2v) is 15.5. The normalized spacial score (nSPS) is 24.3. The monoisotopic (exact) mass is 503 g/mol. The summed E-state index contributed by atoms with van der Waals surface area (Å²) in [4.78, 5) is 2.24. The maximum atomic E-state index is 11.1. The number of aliphatic hydroxyl groups is 2. The fraction of sp³-hybridized carbons (Fsp3) is 0.571. The van der Waals surface area contributed by atoms with Crippen molar-refractivity contribution in [1.29, 1.82) is 0 Å². The highest BCUT2D eigenvalue weighted by molar-refractivity contribution is 6.99. The number of hydrogen-bond donors (Lipinski definition) is 2. The van der Waals surface area contributed by atoms with Crippen LogP contribution < -0.4 is 10.4 Å². The van der Waals surface area contributed by atoms with Crippen molar-refractivity contribution in [2.45, 2.75) is 82.0 Å². The molecule has 2 aromatic carbocycles. The van der Waals surface area contributed by atoms with Crippen LogP contribution in [-0.4, -0.2) is 66.8 Å². The summed E-state index contributed by atoms with van der Waals surface area (Å²) < 4.78 is 7.10. The molecule has 3 rings (SSSR count). The number of nitrogens with zero attached hydrogens (tertiary/aromatic N) is 1. The summed E-state index contributed by atoms with van der Waals surface area (Å²) in [6.07, 6.45) is 2.69. The van der Waals surface area contributed by atoms with E-state index in [0.717, 1.165) is 19.4 Å². The highest BCUT2D eigenvalue weighted by Gasteiger charge is 2.51. The number of benzene rings is 2. The smallest absolute Gasteiger partial charge is 0.261 e. The molecule has 0 aliphatic carbocycles. The van der Waals surface area contributed by atoms with E-state index in [0.29, 0.717) is 13.2 Å². The van der Waals surface area contributed by atoms with E-state index in [4.69, 9.17) is 16.0 Å². The van der Waals surface area contributed by atoms with Gasteiger partial charge in [-0.3, -0.25) is 4.90 Å². The van der Waals surface area contributed by atoms with E-state index in [1.54, 1.807) is 0 Å². The first-order valence-electron chi connectivity index (χ1n) is 12.7. The summed E-state index contributed by atoms with van der Waals surface area (Å²) >= 11 is 6.43. The lowest BCUT2D eigenvalue weighted by Gasteiger charge is -2.47. The van der Waals surface area contributed by atoms with Crippen molar-refractivity contribution >= 4 is 30.3 Å². The number of aliphatic hydroxyl groups excluding tert-OH is 2. The van der Waals surface area contributed by atoms with E-state index in [2.05, 4.69) is 81.1 Å². The van der Waals surface area contributed by atoms with Gasteiger partial charge in [-0.2, -0.15) is 0 Å².